The topological polar surface area (TPSA) is 24.0 Å². The van der Waals surface area contributed by atoms with Crippen molar-refractivity contribution in [3.8, 4) is 11.4 Å². The van der Waals surface area contributed by atoms with E-state index in [1.165, 1.54) is 83.2 Å². The average Bonchev–Trinajstić information content (AvgIpc) is 3.74. The molecule has 6 aromatic carbocycles. The van der Waals surface area contributed by atoms with Crippen molar-refractivity contribution in [2.45, 2.75) is 25.5 Å². The number of ether oxygens (including phenoxy) is 1. The van der Waals surface area contributed by atoms with Crippen LogP contribution in [0.25, 0.3) is 76.8 Å². The summed E-state index contributed by atoms with van der Waals surface area (Å²) in [6.45, 7) is 0.810. The van der Waals surface area contributed by atoms with Crippen LogP contribution in [0.4, 0.5) is 0 Å². The molecule has 0 N–H and O–H groups in total. The van der Waals surface area contributed by atoms with Crippen LogP contribution in [0.5, 0.6) is 0 Å². The fourth-order valence-corrected chi connectivity index (χ4v) is 7.95. The van der Waals surface area contributed by atoms with Crippen molar-refractivity contribution in [3.63, 3.8) is 0 Å². The molecule has 0 amide bonds. The maximum atomic E-state index is 6.43. The fraction of sp³-hybridized carbons (Fsp3) is 0.122. The first kappa shape index (κ1) is 25.1. The molecular formula is C41H31N3O. The minimum atomic E-state index is 0.0388. The minimum Gasteiger partial charge on any atom is -0.358 e. The quantitative estimate of drug-likeness (QED) is 0.204. The summed E-state index contributed by atoms with van der Waals surface area (Å²) in [6.07, 6.45) is 3.38. The number of aromatic nitrogens is 3. The predicted molar refractivity (Wildman–Crippen MR) is 187 cm³/mol. The summed E-state index contributed by atoms with van der Waals surface area (Å²) in [5.74, 6) is 0. The van der Waals surface area contributed by atoms with Crippen LogP contribution in [0.1, 0.15) is 25.5 Å². The van der Waals surface area contributed by atoms with E-state index in [1.54, 1.807) is 0 Å². The monoisotopic (exact) mass is 581 g/mol. The van der Waals surface area contributed by atoms with Crippen molar-refractivity contribution < 1.29 is 4.74 Å². The summed E-state index contributed by atoms with van der Waals surface area (Å²) in [5, 5.41) is 7.61. The molecule has 4 heterocycles. The Hall–Kier alpha value is -5.32. The molecule has 0 saturated carbocycles. The van der Waals surface area contributed by atoms with E-state index in [1.807, 2.05) is 0 Å². The Morgan fingerprint density at radius 2 is 0.844 bits per heavy atom. The lowest BCUT2D eigenvalue weighted by Gasteiger charge is -2.26. The Balaban J connectivity index is 1.28. The summed E-state index contributed by atoms with van der Waals surface area (Å²) >= 11 is 0. The molecular weight excluding hydrogens is 550 g/mol. The van der Waals surface area contributed by atoms with Crippen LogP contribution in [-0.2, 0) is 4.74 Å². The number of para-hydroxylation sites is 4. The molecule has 0 spiro atoms. The van der Waals surface area contributed by atoms with Crippen molar-refractivity contribution in [2.24, 2.45) is 0 Å². The van der Waals surface area contributed by atoms with E-state index in [0.29, 0.717) is 0 Å². The largest absolute Gasteiger partial charge is 0.358 e. The molecule has 10 rings (SSSR count). The van der Waals surface area contributed by atoms with Crippen LogP contribution < -0.4 is 0 Å². The van der Waals surface area contributed by atoms with Gasteiger partial charge >= 0.3 is 0 Å². The molecule has 1 aliphatic heterocycles. The molecule has 45 heavy (non-hydrogen) atoms. The van der Waals surface area contributed by atoms with Crippen molar-refractivity contribution in [1.29, 1.82) is 0 Å². The third-order valence-electron chi connectivity index (χ3n) is 9.89. The van der Waals surface area contributed by atoms with Crippen LogP contribution in [0.15, 0.2) is 133 Å². The lowest BCUT2D eigenvalue weighted by Crippen LogP contribution is -2.17. The third-order valence-corrected chi connectivity index (χ3v) is 9.89. The molecule has 3 aromatic heterocycles. The lowest BCUT2D eigenvalue weighted by atomic mass is 10.1. The molecule has 4 nitrogen and oxygen atoms in total. The first-order valence-corrected chi connectivity index (χ1v) is 16.0. The van der Waals surface area contributed by atoms with Crippen LogP contribution in [0.3, 0.4) is 0 Å². The maximum Gasteiger partial charge on any atom is 0.134 e. The van der Waals surface area contributed by atoms with Crippen LogP contribution in [0, 0.1) is 0 Å². The van der Waals surface area contributed by atoms with E-state index in [-0.39, 0.29) is 6.23 Å². The Bertz CT molecular complexity index is 2310. The van der Waals surface area contributed by atoms with E-state index >= 15 is 0 Å². The van der Waals surface area contributed by atoms with E-state index in [9.17, 15) is 0 Å². The number of hydrogen-bond acceptors (Lipinski definition) is 1. The molecule has 0 bridgehead atoms. The number of nitrogens with zero attached hydrogens (tertiary/aromatic N) is 3. The van der Waals surface area contributed by atoms with Crippen molar-refractivity contribution in [2.75, 3.05) is 6.61 Å². The van der Waals surface area contributed by atoms with E-state index in [0.717, 1.165) is 19.4 Å². The zero-order valence-electron chi connectivity index (χ0n) is 24.9. The molecule has 1 atom stereocenters. The molecule has 9 aromatic rings. The summed E-state index contributed by atoms with van der Waals surface area (Å²) in [4.78, 5) is 0. The van der Waals surface area contributed by atoms with Gasteiger partial charge < -0.3 is 18.4 Å². The summed E-state index contributed by atoms with van der Waals surface area (Å²) in [5.41, 5.74) is 9.69. The van der Waals surface area contributed by atoms with Gasteiger partial charge in [-0.05, 0) is 79.9 Å². The van der Waals surface area contributed by atoms with Gasteiger partial charge in [0.25, 0.3) is 0 Å². The standard InChI is InChI=1S/C41H31N3O/c1-5-15-35-29(11-1)30-12-2-6-16-36(30)42(35)27-20-22-39-33(25-27)34-26-28(21-23-40(34)44(39)41-19-9-10-24-45-41)43-37-17-7-3-13-31(37)32-14-4-8-18-38(32)43/h1-8,11-18,20-23,25-26,41H,9-10,19,24H2. The highest BCUT2D eigenvalue weighted by Gasteiger charge is 2.23. The molecule has 1 aliphatic rings. The Morgan fingerprint density at radius 1 is 0.422 bits per heavy atom. The van der Waals surface area contributed by atoms with Crippen molar-refractivity contribution in [1.82, 2.24) is 13.7 Å². The summed E-state index contributed by atoms with van der Waals surface area (Å²) < 4.78 is 13.7. The van der Waals surface area contributed by atoms with Gasteiger partial charge in [-0.25, -0.2) is 0 Å². The van der Waals surface area contributed by atoms with E-state index < -0.39 is 0 Å². The van der Waals surface area contributed by atoms with E-state index in [4.69, 9.17) is 4.74 Å². The molecule has 1 saturated heterocycles. The van der Waals surface area contributed by atoms with Crippen LogP contribution in [-0.4, -0.2) is 20.3 Å². The van der Waals surface area contributed by atoms with Crippen molar-refractivity contribution in [3.05, 3.63) is 133 Å². The highest BCUT2D eigenvalue weighted by atomic mass is 16.5. The predicted octanol–water partition coefficient (Wildman–Crippen LogP) is 10.7. The zero-order valence-corrected chi connectivity index (χ0v) is 24.9. The first-order chi connectivity index (χ1) is 22.3. The number of hydrogen-bond donors (Lipinski definition) is 0. The highest BCUT2D eigenvalue weighted by Crippen LogP contribution is 2.40. The van der Waals surface area contributed by atoms with Gasteiger partial charge in [0.15, 0.2) is 0 Å². The van der Waals surface area contributed by atoms with Gasteiger partial charge in [-0.1, -0.05) is 72.8 Å². The van der Waals surface area contributed by atoms with Gasteiger partial charge in [-0.2, -0.15) is 0 Å². The van der Waals surface area contributed by atoms with E-state index in [2.05, 4.69) is 147 Å². The van der Waals surface area contributed by atoms with Crippen LogP contribution in [0.2, 0.25) is 0 Å². The Morgan fingerprint density at radius 3 is 1.24 bits per heavy atom. The smallest absolute Gasteiger partial charge is 0.134 e. The second-order valence-electron chi connectivity index (χ2n) is 12.3. The van der Waals surface area contributed by atoms with Gasteiger partial charge in [-0.15, -0.1) is 0 Å². The zero-order chi connectivity index (χ0) is 29.5. The third kappa shape index (κ3) is 3.57. The van der Waals surface area contributed by atoms with Crippen LogP contribution >= 0.6 is 0 Å². The van der Waals surface area contributed by atoms with Gasteiger partial charge in [0.1, 0.15) is 6.23 Å². The van der Waals surface area contributed by atoms with Gasteiger partial charge in [0.2, 0.25) is 0 Å². The normalized spacial score (nSPS) is 15.8. The summed E-state index contributed by atoms with van der Waals surface area (Å²) in [6, 6.07) is 49.0. The fourth-order valence-electron chi connectivity index (χ4n) is 7.95. The Labute approximate surface area is 260 Å². The molecule has 4 heteroatoms. The lowest BCUT2D eigenvalue weighted by molar-refractivity contribution is -0.0267. The molecule has 216 valence electrons. The van der Waals surface area contributed by atoms with Gasteiger partial charge in [0, 0.05) is 50.3 Å². The highest BCUT2D eigenvalue weighted by molar-refractivity contribution is 6.13. The van der Waals surface area contributed by atoms with Gasteiger partial charge in [-0.3, -0.25) is 0 Å². The Kier molecular flexibility index (Phi) is 5.34. The molecule has 1 unspecified atom stereocenters. The summed E-state index contributed by atoms with van der Waals surface area (Å²) in [7, 11) is 0. The second-order valence-corrected chi connectivity index (χ2v) is 12.3. The molecule has 0 aliphatic carbocycles. The van der Waals surface area contributed by atoms with Crippen molar-refractivity contribution >= 4 is 65.4 Å². The SMILES string of the molecule is c1ccc2c(c1)c1ccccc1n2-c1ccc2c(c1)c1cc(-n3c4ccccc4c4ccccc43)ccc1n2C1CCCCO1. The molecule has 1 fully saturated rings. The maximum absolute atomic E-state index is 6.43. The average molecular weight is 582 g/mol. The number of benzene rings is 6. The number of rotatable bonds is 3. The molecule has 0 radical (unpaired) electrons. The minimum absolute atomic E-state index is 0.0388. The first-order valence-electron chi connectivity index (χ1n) is 16.0. The second kappa shape index (κ2) is 9.59. The number of fused-ring (bicyclic) bond motifs is 9. The van der Waals surface area contributed by atoms with Gasteiger partial charge in [0.05, 0.1) is 33.1 Å².